The van der Waals surface area contributed by atoms with Crippen LogP contribution in [0.25, 0.3) is 11.5 Å². The molecule has 0 N–H and O–H groups in total. The highest BCUT2D eigenvalue weighted by molar-refractivity contribution is 5.52. The number of para-hydroxylation sites is 1. The Balaban J connectivity index is 1.74. The Labute approximate surface area is 123 Å². The summed E-state index contributed by atoms with van der Waals surface area (Å²) in [6.07, 6.45) is 0. The molecule has 0 saturated heterocycles. The molecule has 2 aromatic carbocycles. The van der Waals surface area contributed by atoms with Crippen LogP contribution in [0.5, 0.6) is 5.75 Å². The molecule has 106 valence electrons. The predicted octanol–water partition coefficient (Wildman–Crippen LogP) is 3.93. The molecule has 0 spiro atoms. The molecular formula is C17H16N2O2. The van der Waals surface area contributed by atoms with Gasteiger partial charge in [0.15, 0.2) is 6.61 Å². The van der Waals surface area contributed by atoms with E-state index in [1.54, 1.807) is 0 Å². The minimum atomic E-state index is 0.294. The van der Waals surface area contributed by atoms with Gasteiger partial charge in [-0.2, -0.15) is 4.98 Å². The maximum Gasteiger partial charge on any atom is 0.258 e. The van der Waals surface area contributed by atoms with Crippen molar-refractivity contribution in [2.45, 2.75) is 20.5 Å². The van der Waals surface area contributed by atoms with E-state index in [2.05, 4.69) is 10.1 Å². The molecule has 21 heavy (non-hydrogen) atoms. The Bertz CT molecular complexity index is 715. The van der Waals surface area contributed by atoms with Crippen LogP contribution in [-0.2, 0) is 6.61 Å². The van der Waals surface area contributed by atoms with Crippen LogP contribution in [-0.4, -0.2) is 10.1 Å². The number of aryl methyl sites for hydroxylation is 2. The standard InChI is InChI=1S/C17H16N2O2/c1-12-7-6-8-13(2)16(12)20-11-15-18-17(21-19-15)14-9-4-3-5-10-14/h3-10H,11H2,1-2H3. The smallest absolute Gasteiger partial charge is 0.258 e. The maximum atomic E-state index is 5.82. The number of rotatable bonds is 4. The van der Waals surface area contributed by atoms with Crippen molar-refractivity contribution in [2.75, 3.05) is 0 Å². The van der Waals surface area contributed by atoms with Crippen molar-refractivity contribution in [3.63, 3.8) is 0 Å². The van der Waals surface area contributed by atoms with Crippen molar-refractivity contribution in [1.29, 1.82) is 0 Å². The average Bonchev–Trinajstić information content (AvgIpc) is 2.97. The van der Waals surface area contributed by atoms with Crippen LogP contribution >= 0.6 is 0 Å². The van der Waals surface area contributed by atoms with E-state index in [1.807, 2.05) is 62.4 Å². The predicted molar refractivity (Wildman–Crippen MR) is 80.0 cm³/mol. The van der Waals surface area contributed by atoms with Crippen LogP contribution < -0.4 is 4.74 Å². The molecule has 0 unspecified atom stereocenters. The number of aromatic nitrogens is 2. The topological polar surface area (TPSA) is 48.2 Å². The monoisotopic (exact) mass is 280 g/mol. The zero-order chi connectivity index (χ0) is 14.7. The summed E-state index contributed by atoms with van der Waals surface area (Å²) in [5.74, 6) is 1.93. The van der Waals surface area contributed by atoms with Crippen LogP contribution in [0.4, 0.5) is 0 Å². The minimum Gasteiger partial charge on any atom is -0.485 e. The number of benzene rings is 2. The van der Waals surface area contributed by atoms with E-state index >= 15 is 0 Å². The molecule has 0 fully saturated rings. The van der Waals surface area contributed by atoms with Gasteiger partial charge < -0.3 is 9.26 Å². The van der Waals surface area contributed by atoms with Gasteiger partial charge in [-0.1, -0.05) is 41.6 Å². The van der Waals surface area contributed by atoms with E-state index in [-0.39, 0.29) is 0 Å². The molecular weight excluding hydrogens is 264 g/mol. The average molecular weight is 280 g/mol. The molecule has 3 rings (SSSR count). The van der Waals surface area contributed by atoms with Gasteiger partial charge in [-0.3, -0.25) is 0 Å². The lowest BCUT2D eigenvalue weighted by molar-refractivity contribution is 0.283. The van der Waals surface area contributed by atoms with E-state index < -0.39 is 0 Å². The molecule has 1 heterocycles. The number of nitrogens with zero attached hydrogens (tertiary/aromatic N) is 2. The third-order valence-electron chi connectivity index (χ3n) is 3.24. The molecule has 0 saturated carbocycles. The maximum absolute atomic E-state index is 5.82. The van der Waals surface area contributed by atoms with Gasteiger partial charge in [0.25, 0.3) is 5.89 Å². The Morgan fingerprint density at radius 3 is 2.38 bits per heavy atom. The zero-order valence-corrected chi connectivity index (χ0v) is 12.0. The summed E-state index contributed by atoms with van der Waals surface area (Å²) < 4.78 is 11.1. The highest BCUT2D eigenvalue weighted by atomic mass is 16.5. The Kier molecular flexibility index (Phi) is 3.69. The van der Waals surface area contributed by atoms with E-state index in [0.29, 0.717) is 18.3 Å². The van der Waals surface area contributed by atoms with E-state index in [0.717, 1.165) is 22.4 Å². The van der Waals surface area contributed by atoms with Crippen LogP contribution in [0.3, 0.4) is 0 Å². The van der Waals surface area contributed by atoms with Gasteiger partial charge >= 0.3 is 0 Å². The molecule has 4 nitrogen and oxygen atoms in total. The van der Waals surface area contributed by atoms with Crippen LogP contribution in [0.1, 0.15) is 17.0 Å². The zero-order valence-electron chi connectivity index (χ0n) is 12.0. The molecule has 0 bridgehead atoms. The second-order valence-electron chi connectivity index (χ2n) is 4.89. The normalized spacial score (nSPS) is 10.6. The summed E-state index contributed by atoms with van der Waals surface area (Å²) in [4.78, 5) is 4.35. The molecule has 0 aliphatic rings. The quantitative estimate of drug-likeness (QED) is 0.726. The van der Waals surface area contributed by atoms with Gasteiger partial charge in [-0.05, 0) is 37.1 Å². The minimum absolute atomic E-state index is 0.294. The lowest BCUT2D eigenvalue weighted by Gasteiger charge is -2.09. The van der Waals surface area contributed by atoms with Gasteiger partial charge in [0.1, 0.15) is 5.75 Å². The first-order valence-electron chi connectivity index (χ1n) is 6.81. The van der Waals surface area contributed by atoms with Gasteiger partial charge in [-0.25, -0.2) is 0 Å². The molecule has 1 aromatic heterocycles. The van der Waals surface area contributed by atoms with E-state index in [4.69, 9.17) is 9.26 Å². The van der Waals surface area contributed by atoms with Gasteiger partial charge in [0, 0.05) is 5.56 Å². The number of hydrogen-bond donors (Lipinski definition) is 0. The highest BCUT2D eigenvalue weighted by Gasteiger charge is 2.10. The van der Waals surface area contributed by atoms with E-state index in [9.17, 15) is 0 Å². The third-order valence-corrected chi connectivity index (χ3v) is 3.24. The fourth-order valence-electron chi connectivity index (χ4n) is 2.17. The second kappa shape index (κ2) is 5.79. The number of hydrogen-bond acceptors (Lipinski definition) is 4. The molecule has 0 aliphatic heterocycles. The molecule has 3 aromatic rings. The van der Waals surface area contributed by atoms with Crippen molar-refractivity contribution in [1.82, 2.24) is 10.1 Å². The molecule has 4 heteroatoms. The van der Waals surface area contributed by atoms with Crippen LogP contribution in [0.15, 0.2) is 53.1 Å². The Morgan fingerprint density at radius 2 is 1.67 bits per heavy atom. The first-order chi connectivity index (χ1) is 10.2. The van der Waals surface area contributed by atoms with Crippen molar-refractivity contribution >= 4 is 0 Å². The SMILES string of the molecule is Cc1cccc(C)c1OCc1noc(-c2ccccc2)n1. The Morgan fingerprint density at radius 1 is 0.952 bits per heavy atom. The highest BCUT2D eigenvalue weighted by Crippen LogP contribution is 2.23. The Hall–Kier alpha value is -2.62. The lowest BCUT2D eigenvalue weighted by Crippen LogP contribution is -2.00. The summed E-state index contributed by atoms with van der Waals surface area (Å²) >= 11 is 0. The van der Waals surface area contributed by atoms with Crippen molar-refractivity contribution in [2.24, 2.45) is 0 Å². The summed E-state index contributed by atoms with van der Waals surface area (Å²) in [5, 5.41) is 3.96. The van der Waals surface area contributed by atoms with Crippen LogP contribution in [0.2, 0.25) is 0 Å². The molecule has 0 radical (unpaired) electrons. The van der Waals surface area contributed by atoms with E-state index in [1.165, 1.54) is 0 Å². The summed E-state index contributed by atoms with van der Waals surface area (Å²) in [5.41, 5.74) is 3.10. The van der Waals surface area contributed by atoms with Gasteiger partial charge in [-0.15, -0.1) is 0 Å². The largest absolute Gasteiger partial charge is 0.485 e. The summed E-state index contributed by atoms with van der Waals surface area (Å²) in [7, 11) is 0. The molecule has 0 atom stereocenters. The molecule has 0 aliphatic carbocycles. The van der Waals surface area contributed by atoms with Crippen molar-refractivity contribution < 1.29 is 9.26 Å². The van der Waals surface area contributed by atoms with Crippen LogP contribution in [0, 0.1) is 13.8 Å². The fourth-order valence-corrected chi connectivity index (χ4v) is 2.17. The molecule has 0 amide bonds. The lowest BCUT2D eigenvalue weighted by atomic mass is 10.1. The summed E-state index contributed by atoms with van der Waals surface area (Å²) in [6, 6.07) is 15.7. The first-order valence-corrected chi connectivity index (χ1v) is 6.81. The number of ether oxygens (including phenoxy) is 1. The van der Waals surface area contributed by atoms with Crippen molar-refractivity contribution in [3.05, 3.63) is 65.5 Å². The van der Waals surface area contributed by atoms with Gasteiger partial charge in [0.05, 0.1) is 0 Å². The van der Waals surface area contributed by atoms with Crippen molar-refractivity contribution in [3.8, 4) is 17.2 Å². The fraction of sp³-hybridized carbons (Fsp3) is 0.176. The third kappa shape index (κ3) is 2.94. The summed E-state index contributed by atoms with van der Waals surface area (Å²) in [6.45, 7) is 4.34. The first kappa shape index (κ1) is 13.4. The second-order valence-corrected chi connectivity index (χ2v) is 4.89. The van der Waals surface area contributed by atoms with Gasteiger partial charge in [0.2, 0.25) is 5.82 Å².